The molecule has 5 unspecified atom stereocenters. The fourth-order valence-corrected chi connectivity index (χ4v) is 3.30. The number of nitrogens with two attached hydrogens (primary N) is 2. The Morgan fingerprint density at radius 3 is 2.26 bits per heavy atom. The maximum absolute atomic E-state index is 12.8. The first kappa shape index (κ1) is 28.9. The average molecular weight is 502 g/mol. The molecule has 0 aliphatic rings. The highest BCUT2D eigenvalue weighted by atomic mass is 32.2. The van der Waals surface area contributed by atoms with Gasteiger partial charge in [0.25, 0.3) is 0 Å². The molecule has 14 nitrogen and oxygen atoms in total. The minimum atomic E-state index is -1.56. The van der Waals surface area contributed by atoms with Gasteiger partial charge in [-0.15, -0.1) is 0 Å². The molecule has 1 aromatic rings. The fourth-order valence-electron chi connectivity index (χ4n) is 2.83. The van der Waals surface area contributed by atoms with Crippen molar-refractivity contribution in [3.8, 4) is 0 Å². The van der Waals surface area contributed by atoms with Crippen LogP contribution >= 0.6 is 11.8 Å². The number of carboxylic acids is 1. The SMILES string of the molecule is CSCCC(NC(=O)C(NC(=O)C(CC(N)=O)NC(=O)C(N)Cc1cnc[nH]1)C(C)O)C(=O)O. The minimum Gasteiger partial charge on any atom is -0.480 e. The van der Waals surface area contributed by atoms with Gasteiger partial charge in [0, 0.05) is 18.3 Å². The lowest BCUT2D eigenvalue weighted by molar-refractivity contribution is -0.143. The molecule has 0 spiro atoms. The van der Waals surface area contributed by atoms with E-state index in [0.717, 1.165) is 0 Å². The van der Waals surface area contributed by atoms with Crippen LogP contribution in [0.4, 0.5) is 0 Å². The van der Waals surface area contributed by atoms with E-state index >= 15 is 0 Å². The summed E-state index contributed by atoms with van der Waals surface area (Å²) >= 11 is 1.38. The summed E-state index contributed by atoms with van der Waals surface area (Å²) in [5.74, 6) is -4.44. The van der Waals surface area contributed by atoms with E-state index in [0.29, 0.717) is 11.4 Å². The number of primary amides is 1. The molecule has 1 rings (SSSR count). The van der Waals surface area contributed by atoms with Crippen LogP contribution in [0.25, 0.3) is 0 Å². The van der Waals surface area contributed by atoms with E-state index in [1.807, 2.05) is 0 Å². The number of hydrogen-bond acceptors (Lipinski definition) is 9. The number of aromatic amines is 1. The van der Waals surface area contributed by atoms with Crippen LogP contribution in [0, 0.1) is 0 Å². The van der Waals surface area contributed by atoms with Gasteiger partial charge in [0.15, 0.2) is 0 Å². The zero-order valence-electron chi connectivity index (χ0n) is 18.8. The predicted octanol–water partition coefficient (Wildman–Crippen LogP) is -3.17. The number of carboxylic acid groups (broad SMARTS) is 1. The lowest BCUT2D eigenvalue weighted by Gasteiger charge is -2.26. The Hall–Kier alpha value is -3.17. The third-order valence-corrected chi connectivity index (χ3v) is 5.30. The van der Waals surface area contributed by atoms with Crippen LogP contribution in [-0.2, 0) is 30.4 Å². The van der Waals surface area contributed by atoms with Gasteiger partial charge in [-0.05, 0) is 25.4 Å². The summed E-state index contributed by atoms with van der Waals surface area (Å²) in [6.07, 6.45) is 2.81. The highest BCUT2D eigenvalue weighted by Gasteiger charge is 2.33. The highest BCUT2D eigenvalue weighted by Crippen LogP contribution is 2.04. The van der Waals surface area contributed by atoms with E-state index < -0.39 is 66.3 Å². The molecule has 5 atom stereocenters. The number of imidazole rings is 1. The van der Waals surface area contributed by atoms with Crippen molar-refractivity contribution in [1.29, 1.82) is 0 Å². The smallest absolute Gasteiger partial charge is 0.326 e. The van der Waals surface area contributed by atoms with E-state index in [1.165, 1.54) is 31.2 Å². The van der Waals surface area contributed by atoms with Crippen molar-refractivity contribution in [3.63, 3.8) is 0 Å². The number of nitrogens with zero attached hydrogens (tertiary/aromatic N) is 1. The number of aliphatic hydroxyl groups is 1. The molecule has 0 aliphatic carbocycles. The van der Waals surface area contributed by atoms with Gasteiger partial charge in [-0.1, -0.05) is 0 Å². The lowest BCUT2D eigenvalue weighted by atomic mass is 10.1. The molecule has 190 valence electrons. The van der Waals surface area contributed by atoms with Gasteiger partial charge in [0.1, 0.15) is 18.1 Å². The quantitative estimate of drug-likeness (QED) is 0.120. The molecule has 34 heavy (non-hydrogen) atoms. The van der Waals surface area contributed by atoms with Crippen molar-refractivity contribution in [2.75, 3.05) is 12.0 Å². The Bertz CT molecular complexity index is 850. The van der Waals surface area contributed by atoms with E-state index in [2.05, 4.69) is 25.9 Å². The molecule has 0 saturated heterocycles. The summed E-state index contributed by atoms with van der Waals surface area (Å²) in [6, 6.07) is -5.37. The standard InChI is InChI=1S/C19H31N7O7S/c1-9(27)15(18(31)24-12(19(32)33)3-4-34-2)26-17(30)13(6-14(21)28)25-16(29)11(20)5-10-7-22-8-23-10/h7-9,11-13,15,27H,3-6,20H2,1-2H3,(H2,21,28)(H,22,23)(H,24,31)(H,25,29)(H,26,30)(H,32,33). The summed E-state index contributed by atoms with van der Waals surface area (Å²) in [5.41, 5.74) is 11.6. The normalized spacial score (nSPS) is 15.3. The van der Waals surface area contributed by atoms with Crippen LogP contribution in [0.3, 0.4) is 0 Å². The summed E-state index contributed by atoms with van der Waals surface area (Å²) in [6.45, 7) is 1.21. The van der Waals surface area contributed by atoms with Crippen LogP contribution in [0.15, 0.2) is 12.5 Å². The van der Waals surface area contributed by atoms with Crippen LogP contribution in [-0.4, -0.2) is 92.1 Å². The molecule has 0 bridgehead atoms. The zero-order valence-corrected chi connectivity index (χ0v) is 19.6. The Balaban J connectivity index is 2.89. The number of amides is 4. The third kappa shape index (κ3) is 9.76. The first-order valence-electron chi connectivity index (χ1n) is 10.3. The molecule has 1 aromatic heterocycles. The summed E-state index contributed by atoms with van der Waals surface area (Å²) in [5, 5.41) is 26.1. The third-order valence-electron chi connectivity index (χ3n) is 4.66. The number of rotatable bonds is 15. The molecule has 0 radical (unpaired) electrons. The minimum absolute atomic E-state index is 0.0715. The van der Waals surface area contributed by atoms with Gasteiger partial charge in [-0.3, -0.25) is 19.2 Å². The molecule has 0 aliphatic heterocycles. The van der Waals surface area contributed by atoms with E-state index in [1.54, 1.807) is 6.26 Å². The van der Waals surface area contributed by atoms with Crippen molar-refractivity contribution in [1.82, 2.24) is 25.9 Å². The molecular weight excluding hydrogens is 470 g/mol. The Morgan fingerprint density at radius 2 is 1.76 bits per heavy atom. The van der Waals surface area contributed by atoms with Crippen molar-refractivity contribution in [2.24, 2.45) is 11.5 Å². The maximum atomic E-state index is 12.8. The van der Waals surface area contributed by atoms with Gasteiger partial charge in [-0.2, -0.15) is 11.8 Å². The summed E-state index contributed by atoms with van der Waals surface area (Å²) in [4.78, 5) is 67.2. The first-order chi connectivity index (χ1) is 16.0. The molecule has 10 N–H and O–H groups in total. The zero-order chi connectivity index (χ0) is 25.8. The van der Waals surface area contributed by atoms with Crippen molar-refractivity contribution in [3.05, 3.63) is 18.2 Å². The van der Waals surface area contributed by atoms with Gasteiger partial charge in [-0.25, -0.2) is 9.78 Å². The molecule has 0 saturated carbocycles. The van der Waals surface area contributed by atoms with Crippen molar-refractivity contribution >= 4 is 41.4 Å². The molecule has 0 aromatic carbocycles. The van der Waals surface area contributed by atoms with Gasteiger partial charge in [0.2, 0.25) is 23.6 Å². The molecule has 0 fully saturated rings. The summed E-state index contributed by atoms with van der Waals surface area (Å²) in [7, 11) is 0. The second-order valence-electron chi connectivity index (χ2n) is 7.53. The highest BCUT2D eigenvalue weighted by molar-refractivity contribution is 7.98. The maximum Gasteiger partial charge on any atom is 0.326 e. The molecule has 15 heteroatoms. The van der Waals surface area contributed by atoms with E-state index in [9.17, 15) is 34.2 Å². The fraction of sp³-hybridized carbons (Fsp3) is 0.579. The molecule has 1 heterocycles. The monoisotopic (exact) mass is 501 g/mol. The number of H-pyrrole nitrogens is 1. The lowest BCUT2D eigenvalue weighted by Crippen LogP contribution is -2.60. The largest absolute Gasteiger partial charge is 0.480 e. The predicted molar refractivity (Wildman–Crippen MR) is 122 cm³/mol. The Kier molecular flexibility index (Phi) is 12.0. The van der Waals surface area contributed by atoms with Crippen LogP contribution < -0.4 is 27.4 Å². The number of thioether (sulfide) groups is 1. The van der Waals surface area contributed by atoms with Crippen LogP contribution in [0.5, 0.6) is 0 Å². The number of aliphatic hydroxyl groups excluding tert-OH is 1. The van der Waals surface area contributed by atoms with Crippen LogP contribution in [0.2, 0.25) is 0 Å². The van der Waals surface area contributed by atoms with Crippen molar-refractivity contribution in [2.45, 2.75) is 56.5 Å². The second-order valence-corrected chi connectivity index (χ2v) is 8.51. The number of carbonyl (C=O) groups is 5. The number of carbonyl (C=O) groups excluding carboxylic acids is 4. The van der Waals surface area contributed by atoms with E-state index in [4.69, 9.17) is 11.5 Å². The second kappa shape index (κ2) is 14.2. The van der Waals surface area contributed by atoms with Crippen LogP contribution in [0.1, 0.15) is 25.5 Å². The molecule has 4 amide bonds. The number of nitrogens with one attached hydrogen (secondary N) is 4. The molecular formula is C19H31N7O7S. The van der Waals surface area contributed by atoms with Gasteiger partial charge < -0.3 is 42.6 Å². The van der Waals surface area contributed by atoms with Gasteiger partial charge in [0.05, 0.1) is 24.9 Å². The van der Waals surface area contributed by atoms with Crippen molar-refractivity contribution < 1.29 is 34.2 Å². The Morgan fingerprint density at radius 1 is 1.12 bits per heavy atom. The topological polar surface area (TPSA) is 243 Å². The van der Waals surface area contributed by atoms with Gasteiger partial charge >= 0.3 is 5.97 Å². The number of hydrogen-bond donors (Lipinski definition) is 8. The number of aromatic nitrogens is 2. The number of aliphatic carboxylic acids is 1. The summed E-state index contributed by atoms with van der Waals surface area (Å²) < 4.78 is 0. The van der Waals surface area contributed by atoms with E-state index in [-0.39, 0.29) is 12.8 Å². The average Bonchev–Trinajstić information content (AvgIpc) is 3.26. The Labute approximate surface area is 200 Å². The first-order valence-corrected chi connectivity index (χ1v) is 11.7.